The normalized spacial score (nSPS) is 10.4. The number of para-hydroxylation sites is 1. The maximum absolute atomic E-state index is 12.1. The minimum absolute atomic E-state index is 0.101. The predicted molar refractivity (Wildman–Crippen MR) is 95.3 cm³/mol. The molecule has 2 heterocycles. The van der Waals surface area contributed by atoms with E-state index in [1.54, 1.807) is 24.5 Å². The molecule has 0 saturated heterocycles. The number of hydrogen-bond acceptors (Lipinski definition) is 5. The second-order valence-corrected chi connectivity index (χ2v) is 5.89. The molecule has 0 aliphatic carbocycles. The minimum Gasteiger partial charge on any atom is -0.493 e. The van der Waals surface area contributed by atoms with Crippen LogP contribution in [-0.2, 0) is 11.2 Å². The van der Waals surface area contributed by atoms with Gasteiger partial charge < -0.3 is 10.1 Å². The van der Waals surface area contributed by atoms with Gasteiger partial charge in [-0.1, -0.05) is 12.1 Å². The van der Waals surface area contributed by atoms with E-state index < -0.39 is 0 Å². The highest BCUT2D eigenvalue weighted by Gasteiger charge is 2.12. The van der Waals surface area contributed by atoms with E-state index in [9.17, 15) is 4.79 Å². The first-order chi connectivity index (χ1) is 11.8. The van der Waals surface area contributed by atoms with Crippen molar-refractivity contribution in [2.75, 3.05) is 11.9 Å². The molecule has 0 unspecified atom stereocenters. The molecule has 3 aromatic rings. The van der Waals surface area contributed by atoms with Crippen molar-refractivity contribution in [3.63, 3.8) is 0 Å². The van der Waals surface area contributed by atoms with Gasteiger partial charge in [0.2, 0.25) is 5.91 Å². The van der Waals surface area contributed by atoms with Crippen LogP contribution in [0.4, 0.5) is 5.69 Å². The summed E-state index contributed by atoms with van der Waals surface area (Å²) in [4.78, 5) is 20.6. The van der Waals surface area contributed by atoms with E-state index in [1.807, 2.05) is 36.6 Å². The van der Waals surface area contributed by atoms with Gasteiger partial charge in [-0.3, -0.25) is 9.78 Å². The Morgan fingerprint density at radius 1 is 1.21 bits per heavy atom. The number of nitrogens with zero attached hydrogens (tertiary/aromatic N) is 2. The van der Waals surface area contributed by atoms with Crippen LogP contribution in [0.5, 0.6) is 5.75 Å². The van der Waals surface area contributed by atoms with Crippen LogP contribution in [-0.4, -0.2) is 22.5 Å². The Morgan fingerprint density at radius 2 is 2.00 bits per heavy atom. The topological polar surface area (TPSA) is 64.1 Å². The Labute approximate surface area is 144 Å². The minimum atomic E-state index is -0.101. The molecule has 0 aliphatic heterocycles. The fourth-order valence-corrected chi connectivity index (χ4v) is 3.09. The van der Waals surface area contributed by atoms with Gasteiger partial charge in [0.25, 0.3) is 0 Å². The molecule has 122 valence electrons. The molecule has 2 aromatic heterocycles. The molecular weight excluding hydrogens is 322 g/mol. The number of carbonyl (C=O) groups excluding carboxylic acids is 1. The second-order valence-electron chi connectivity index (χ2n) is 5.03. The van der Waals surface area contributed by atoms with E-state index in [0.717, 1.165) is 27.7 Å². The van der Waals surface area contributed by atoms with Gasteiger partial charge >= 0.3 is 0 Å². The number of amides is 1. The summed E-state index contributed by atoms with van der Waals surface area (Å²) < 4.78 is 5.64. The lowest BCUT2D eigenvalue weighted by Crippen LogP contribution is -2.14. The third kappa shape index (κ3) is 3.97. The van der Waals surface area contributed by atoms with Gasteiger partial charge in [0.05, 0.1) is 24.3 Å². The number of benzene rings is 1. The number of nitrogens with one attached hydrogen (secondary N) is 1. The van der Waals surface area contributed by atoms with Crippen LogP contribution in [0.25, 0.3) is 10.6 Å². The quantitative estimate of drug-likeness (QED) is 0.742. The zero-order chi connectivity index (χ0) is 16.8. The highest BCUT2D eigenvalue weighted by molar-refractivity contribution is 7.13. The van der Waals surface area contributed by atoms with E-state index in [1.165, 1.54) is 11.3 Å². The molecular formula is C18H17N3O2S. The molecule has 0 bridgehead atoms. The molecule has 6 heteroatoms. The molecule has 1 amide bonds. The molecule has 3 rings (SSSR count). The highest BCUT2D eigenvalue weighted by Crippen LogP contribution is 2.32. The first kappa shape index (κ1) is 16.1. The Morgan fingerprint density at radius 3 is 2.79 bits per heavy atom. The molecule has 1 aromatic carbocycles. The summed E-state index contributed by atoms with van der Waals surface area (Å²) in [6, 6.07) is 11.3. The average Bonchev–Trinajstić information content (AvgIpc) is 3.04. The fraction of sp³-hybridized carbons (Fsp3) is 0.167. The molecule has 0 fully saturated rings. The van der Waals surface area contributed by atoms with Crippen molar-refractivity contribution in [1.29, 1.82) is 0 Å². The third-order valence-electron chi connectivity index (χ3n) is 3.27. The summed E-state index contributed by atoms with van der Waals surface area (Å²) in [5.74, 6) is 0.707. The van der Waals surface area contributed by atoms with Gasteiger partial charge in [-0.15, -0.1) is 11.3 Å². The van der Waals surface area contributed by atoms with E-state index in [-0.39, 0.29) is 12.3 Å². The Hall–Kier alpha value is -2.73. The van der Waals surface area contributed by atoms with E-state index in [2.05, 4.69) is 15.3 Å². The summed E-state index contributed by atoms with van der Waals surface area (Å²) in [6.45, 7) is 2.55. The fourth-order valence-electron chi connectivity index (χ4n) is 2.24. The molecule has 0 aliphatic rings. The number of hydrogen-bond donors (Lipinski definition) is 1. The molecule has 0 radical (unpaired) electrons. The molecule has 24 heavy (non-hydrogen) atoms. The van der Waals surface area contributed by atoms with Crippen molar-refractivity contribution in [3.8, 4) is 16.3 Å². The Kier molecular flexibility index (Phi) is 5.18. The zero-order valence-corrected chi connectivity index (χ0v) is 14.0. The van der Waals surface area contributed by atoms with Crippen LogP contribution < -0.4 is 10.1 Å². The molecule has 1 N–H and O–H groups in total. The maximum atomic E-state index is 12.1. The van der Waals surface area contributed by atoms with Crippen molar-refractivity contribution < 1.29 is 9.53 Å². The molecule has 0 saturated carbocycles. The van der Waals surface area contributed by atoms with Gasteiger partial charge in [-0.2, -0.15) is 0 Å². The van der Waals surface area contributed by atoms with Crippen molar-refractivity contribution >= 4 is 22.9 Å². The number of carbonyl (C=O) groups is 1. The van der Waals surface area contributed by atoms with Crippen molar-refractivity contribution in [3.05, 3.63) is 59.9 Å². The number of pyridine rings is 1. The smallest absolute Gasteiger partial charge is 0.230 e. The summed E-state index contributed by atoms with van der Waals surface area (Å²) >= 11 is 1.51. The van der Waals surface area contributed by atoms with Crippen molar-refractivity contribution in [2.24, 2.45) is 0 Å². The zero-order valence-electron chi connectivity index (χ0n) is 13.2. The van der Waals surface area contributed by atoms with Gasteiger partial charge in [0, 0.05) is 23.5 Å². The Bertz CT molecular complexity index is 818. The van der Waals surface area contributed by atoms with E-state index >= 15 is 0 Å². The summed E-state index contributed by atoms with van der Waals surface area (Å²) in [5, 5.41) is 5.59. The van der Waals surface area contributed by atoms with Crippen LogP contribution in [0, 0.1) is 0 Å². The molecule has 0 spiro atoms. The van der Waals surface area contributed by atoms with Crippen LogP contribution in [0.15, 0.2) is 54.2 Å². The standard InChI is InChI=1S/C18H17N3O2S/c1-2-23-16-6-4-3-5-15(16)18-21-14(12-24-18)11-17(22)20-13-7-9-19-10-8-13/h3-10,12H,2,11H2,1H3,(H,19,20,22). The lowest BCUT2D eigenvalue weighted by atomic mass is 10.2. The summed E-state index contributed by atoms with van der Waals surface area (Å²) in [7, 11) is 0. The maximum Gasteiger partial charge on any atom is 0.230 e. The number of aromatic nitrogens is 2. The number of ether oxygens (including phenoxy) is 1. The third-order valence-corrected chi connectivity index (χ3v) is 4.20. The lowest BCUT2D eigenvalue weighted by Gasteiger charge is -2.07. The SMILES string of the molecule is CCOc1ccccc1-c1nc(CC(=O)Nc2ccncc2)cs1. The first-order valence-corrected chi connectivity index (χ1v) is 8.50. The van der Waals surface area contributed by atoms with Crippen LogP contribution in [0.3, 0.4) is 0 Å². The summed E-state index contributed by atoms with van der Waals surface area (Å²) in [5.41, 5.74) is 2.42. The number of rotatable bonds is 6. The number of anilines is 1. The second kappa shape index (κ2) is 7.70. The van der Waals surface area contributed by atoms with Crippen molar-refractivity contribution in [2.45, 2.75) is 13.3 Å². The highest BCUT2D eigenvalue weighted by atomic mass is 32.1. The largest absolute Gasteiger partial charge is 0.493 e. The molecule has 0 atom stereocenters. The van der Waals surface area contributed by atoms with Crippen LogP contribution >= 0.6 is 11.3 Å². The summed E-state index contributed by atoms with van der Waals surface area (Å²) in [6.07, 6.45) is 3.51. The number of thiazole rings is 1. The van der Waals surface area contributed by atoms with Gasteiger partial charge in [0.1, 0.15) is 10.8 Å². The monoisotopic (exact) mass is 339 g/mol. The first-order valence-electron chi connectivity index (χ1n) is 7.62. The van der Waals surface area contributed by atoms with Gasteiger partial charge in [0.15, 0.2) is 0 Å². The molecule has 5 nitrogen and oxygen atoms in total. The van der Waals surface area contributed by atoms with Crippen molar-refractivity contribution in [1.82, 2.24) is 9.97 Å². The lowest BCUT2D eigenvalue weighted by molar-refractivity contribution is -0.115. The Balaban J connectivity index is 1.71. The van der Waals surface area contributed by atoms with Crippen LogP contribution in [0.2, 0.25) is 0 Å². The van der Waals surface area contributed by atoms with Gasteiger partial charge in [-0.05, 0) is 31.2 Å². The predicted octanol–water partition coefficient (Wildman–Crippen LogP) is 3.79. The van der Waals surface area contributed by atoms with Gasteiger partial charge in [-0.25, -0.2) is 4.98 Å². The van der Waals surface area contributed by atoms with Crippen LogP contribution in [0.1, 0.15) is 12.6 Å². The average molecular weight is 339 g/mol. The van der Waals surface area contributed by atoms with E-state index in [4.69, 9.17) is 4.74 Å². The van der Waals surface area contributed by atoms with E-state index in [0.29, 0.717) is 6.61 Å².